The number of carboxylic acids is 1. The minimum Gasteiger partial charge on any atom is -0.480 e. The summed E-state index contributed by atoms with van der Waals surface area (Å²) in [5, 5.41) is 15.5. The standard InChI is InChI=1S/C24H29N3O4/c1-27-13-10-18(11-14-27)31-24(30)26-21-15-17(20-9-12-25-22(20)23(28)29)7-8-19(21)16-5-3-2-4-6-16/h2-8,15,18,20,22,25H,9-14H2,1H3,(H,26,30)(H,28,29)/t20?,22-/m0/s1. The molecule has 0 aromatic heterocycles. The lowest BCUT2D eigenvalue weighted by molar-refractivity contribution is -0.139. The fourth-order valence-corrected chi connectivity index (χ4v) is 4.48. The van der Waals surface area contributed by atoms with Gasteiger partial charge < -0.3 is 20.1 Å². The lowest BCUT2D eigenvalue weighted by Crippen LogP contribution is -2.36. The minimum atomic E-state index is -0.856. The summed E-state index contributed by atoms with van der Waals surface area (Å²) in [5.41, 5.74) is 3.38. The van der Waals surface area contributed by atoms with E-state index < -0.39 is 18.1 Å². The number of nitrogens with one attached hydrogen (secondary N) is 2. The van der Waals surface area contributed by atoms with Gasteiger partial charge in [0.05, 0.1) is 5.69 Å². The summed E-state index contributed by atoms with van der Waals surface area (Å²) < 4.78 is 5.68. The van der Waals surface area contributed by atoms with Crippen LogP contribution in [0.1, 0.15) is 30.7 Å². The average molecular weight is 424 g/mol. The normalized spacial score (nSPS) is 22.2. The molecule has 1 unspecified atom stereocenters. The number of benzene rings is 2. The third kappa shape index (κ3) is 5.06. The summed E-state index contributed by atoms with van der Waals surface area (Å²) in [6.45, 7) is 2.48. The molecule has 2 atom stereocenters. The van der Waals surface area contributed by atoms with E-state index in [1.54, 1.807) is 0 Å². The van der Waals surface area contributed by atoms with Crippen molar-refractivity contribution in [1.82, 2.24) is 10.2 Å². The van der Waals surface area contributed by atoms with E-state index >= 15 is 0 Å². The number of rotatable bonds is 5. The Morgan fingerprint density at radius 1 is 1.10 bits per heavy atom. The van der Waals surface area contributed by atoms with Gasteiger partial charge in [-0.1, -0.05) is 42.5 Å². The van der Waals surface area contributed by atoms with Crippen LogP contribution in [0.15, 0.2) is 48.5 Å². The zero-order valence-electron chi connectivity index (χ0n) is 17.7. The van der Waals surface area contributed by atoms with Crippen LogP contribution in [-0.2, 0) is 9.53 Å². The Labute approximate surface area is 182 Å². The highest BCUT2D eigenvalue weighted by atomic mass is 16.6. The molecule has 2 aliphatic rings. The number of carbonyl (C=O) groups is 2. The molecular formula is C24H29N3O4. The minimum absolute atomic E-state index is 0.0880. The van der Waals surface area contributed by atoms with Gasteiger partial charge in [0.1, 0.15) is 12.1 Å². The number of anilines is 1. The van der Waals surface area contributed by atoms with Gasteiger partial charge in [0.25, 0.3) is 0 Å². The Morgan fingerprint density at radius 3 is 2.55 bits per heavy atom. The number of ether oxygens (including phenoxy) is 1. The molecule has 31 heavy (non-hydrogen) atoms. The first-order chi connectivity index (χ1) is 15.0. The largest absolute Gasteiger partial charge is 0.480 e. The molecule has 7 heteroatoms. The zero-order valence-corrected chi connectivity index (χ0v) is 17.7. The molecule has 164 valence electrons. The van der Waals surface area contributed by atoms with Gasteiger partial charge in [0, 0.05) is 24.6 Å². The maximum absolute atomic E-state index is 12.7. The number of hydrogen-bond donors (Lipinski definition) is 3. The molecule has 2 aliphatic heterocycles. The third-order valence-electron chi connectivity index (χ3n) is 6.22. The second-order valence-electron chi connectivity index (χ2n) is 8.37. The van der Waals surface area contributed by atoms with E-state index in [-0.39, 0.29) is 12.0 Å². The van der Waals surface area contributed by atoms with E-state index in [0.29, 0.717) is 12.2 Å². The first kappa shape index (κ1) is 21.3. The summed E-state index contributed by atoms with van der Waals surface area (Å²) in [7, 11) is 2.07. The lowest BCUT2D eigenvalue weighted by atomic mass is 9.89. The van der Waals surface area contributed by atoms with Crippen molar-refractivity contribution in [2.75, 3.05) is 32.0 Å². The summed E-state index contributed by atoms with van der Waals surface area (Å²) >= 11 is 0. The highest BCUT2D eigenvalue weighted by Gasteiger charge is 2.34. The van der Waals surface area contributed by atoms with E-state index in [4.69, 9.17) is 4.74 Å². The smallest absolute Gasteiger partial charge is 0.411 e. The van der Waals surface area contributed by atoms with Crippen molar-refractivity contribution in [2.24, 2.45) is 0 Å². The molecule has 2 aromatic rings. The van der Waals surface area contributed by atoms with Crippen LogP contribution in [0.25, 0.3) is 11.1 Å². The van der Waals surface area contributed by atoms with Crippen LogP contribution in [0.4, 0.5) is 10.5 Å². The van der Waals surface area contributed by atoms with E-state index in [1.807, 2.05) is 48.5 Å². The summed E-state index contributed by atoms with van der Waals surface area (Å²) in [6, 6.07) is 15.0. The topological polar surface area (TPSA) is 90.9 Å². The van der Waals surface area contributed by atoms with E-state index in [2.05, 4.69) is 22.6 Å². The molecule has 2 saturated heterocycles. The molecule has 4 rings (SSSR count). The molecular weight excluding hydrogens is 394 g/mol. The van der Waals surface area contributed by atoms with Gasteiger partial charge in [0.2, 0.25) is 0 Å². The lowest BCUT2D eigenvalue weighted by Gasteiger charge is -2.28. The van der Waals surface area contributed by atoms with Crippen LogP contribution >= 0.6 is 0 Å². The molecule has 7 nitrogen and oxygen atoms in total. The number of carbonyl (C=O) groups excluding carboxylic acids is 1. The Hall–Kier alpha value is -2.90. The van der Waals surface area contributed by atoms with Crippen molar-refractivity contribution in [1.29, 1.82) is 0 Å². The second kappa shape index (κ2) is 9.49. The Kier molecular flexibility index (Phi) is 6.53. The Morgan fingerprint density at radius 2 is 1.84 bits per heavy atom. The maximum atomic E-state index is 12.7. The predicted molar refractivity (Wildman–Crippen MR) is 119 cm³/mol. The van der Waals surface area contributed by atoms with Gasteiger partial charge in [-0.2, -0.15) is 0 Å². The van der Waals surface area contributed by atoms with Crippen LogP contribution in [0.5, 0.6) is 0 Å². The number of hydrogen-bond acceptors (Lipinski definition) is 5. The molecule has 0 spiro atoms. The van der Waals surface area contributed by atoms with Crippen LogP contribution in [0.3, 0.4) is 0 Å². The number of likely N-dealkylation sites (tertiary alicyclic amines) is 1. The molecule has 1 amide bonds. The number of amides is 1. The molecule has 0 aliphatic carbocycles. The van der Waals surface area contributed by atoms with Gasteiger partial charge >= 0.3 is 12.1 Å². The van der Waals surface area contributed by atoms with Crippen LogP contribution in [0.2, 0.25) is 0 Å². The quantitative estimate of drug-likeness (QED) is 0.682. The van der Waals surface area contributed by atoms with Crippen LogP contribution in [0, 0.1) is 0 Å². The molecule has 0 bridgehead atoms. The van der Waals surface area contributed by atoms with E-state index in [1.165, 1.54) is 0 Å². The van der Waals surface area contributed by atoms with Crippen LogP contribution in [-0.4, -0.2) is 60.9 Å². The van der Waals surface area contributed by atoms with Gasteiger partial charge in [-0.05, 0) is 50.0 Å². The number of piperidine rings is 1. The maximum Gasteiger partial charge on any atom is 0.411 e. The molecule has 0 radical (unpaired) electrons. The van der Waals surface area contributed by atoms with E-state index in [9.17, 15) is 14.7 Å². The molecule has 0 saturated carbocycles. The monoisotopic (exact) mass is 423 g/mol. The van der Waals surface area contributed by atoms with Crippen molar-refractivity contribution >= 4 is 17.7 Å². The predicted octanol–water partition coefficient (Wildman–Crippen LogP) is 3.53. The van der Waals surface area contributed by atoms with Gasteiger partial charge in [-0.15, -0.1) is 0 Å². The summed E-state index contributed by atoms with van der Waals surface area (Å²) in [6.07, 6.45) is 1.83. The molecule has 2 heterocycles. The highest BCUT2D eigenvalue weighted by Crippen LogP contribution is 2.35. The number of carboxylic acid groups (broad SMARTS) is 1. The first-order valence-electron chi connectivity index (χ1n) is 10.8. The first-order valence-corrected chi connectivity index (χ1v) is 10.8. The van der Waals surface area contributed by atoms with Crippen molar-refractivity contribution in [3.05, 3.63) is 54.1 Å². The molecule has 2 aromatic carbocycles. The van der Waals surface area contributed by atoms with E-state index in [0.717, 1.165) is 49.0 Å². The summed E-state index contributed by atoms with van der Waals surface area (Å²) in [4.78, 5) is 26.5. The van der Waals surface area contributed by atoms with Gasteiger partial charge in [-0.3, -0.25) is 10.1 Å². The van der Waals surface area contributed by atoms with Crippen molar-refractivity contribution in [2.45, 2.75) is 37.3 Å². The fourth-order valence-electron chi connectivity index (χ4n) is 4.48. The summed E-state index contributed by atoms with van der Waals surface area (Å²) in [5.74, 6) is -1.00. The van der Waals surface area contributed by atoms with Crippen molar-refractivity contribution < 1.29 is 19.4 Å². The Bertz CT molecular complexity index is 926. The third-order valence-corrected chi connectivity index (χ3v) is 6.22. The number of aliphatic carboxylic acids is 1. The zero-order chi connectivity index (χ0) is 21.8. The Balaban J connectivity index is 1.58. The average Bonchev–Trinajstić information content (AvgIpc) is 3.26. The molecule has 3 N–H and O–H groups in total. The van der Waals surface area contributed by atoms with Crippen molar-refractivity contribution in [3.8, 4) is 11.1 Å². The van der Waals surface area contributed by atoms with Crippen molar-refractivity contribution in [3.63, 3.8) is 0 Å². The molecule has 2 fully saturated rings. The van der Waals surface area contributed by atoms with Gasteiger partial charge in [0.15, 0.2) is 0 Å². The van der Waals surface area contributed by atoms with Gasteiger partial charge in [-0.25, -0.2) is 4.79 Å². The number of nitrogens with zero attached hydrogens (tertiary/aromatic N) is 1. The second-order valence-corrected chi connectivity index (χ2v) is 8.37. The SMILES string of the molecule is CN1CCC(OC(=O)Nc2cc(C3CCN[C@@H]3C(=O)O)ccc2-c2ccccc2)CC1. The van der Waals surface area contributed by atoms with Crippen LogP contribution < -0.4 is 10.6 Å². The highest BCUT2D eigenvalue weighted by molar-refractivity contribution is 5.92. The fraction of sp³-hybridized carbons (Fsp3) is 0.417.